The molecule has 0 atom stereocenters. The summed E-state index contributed by atoms with van der Waals surface area (Å²) in [5.74, 6) is -0.664. The van der Waals surface area contributed by atoms with Crippen LogP contribution in [0.4, 0.5) is 0 Å². The first-order valence-corrected chi connectivity index (χ1v) is 8.83. The number of carbonyl (C=O) groups excluding carboxylic acids is 2. The van der Waals surface area contributed by atoms with Gasteiger partial charge in [-0.1, -0.05) is 11.8 Å². The van der Waals surface area contributed by atoms with Gasteiger partial charge in [0.05, 0.1) is 13.2 Å². The Kier molecular flexibility index (Phi) is 6.93. The van der Waals surface area contributed by atoms with Crippen molar-refractivity contribution in [1.29, 1.82) is 0 Å². The molecule has 0 spiro atoms. The average molecular weight is 364 g/mol. The molecule has 0 aliphatic carbocycles. The van der Waals surface area contributed by atoms with E-state index in [1.807, 2.05) is 23.6 Å². The Morgan fingerprint density at radius 3 is 2.20 bits per heavy atom. The second-order valence-corrected chi connectivity index (χ2v) is 5.86. The van der Waals surface area contributed by atoms with Crippen LogP contribution in [0.1, 0.15) is 20.8 Å². The predicted molar refractivity (Wildman–Crippen MR) is 91.8 cm³/mol. The molecule has 2 aromatic rings. The number of hydrogen-bond acceptors (Lipinski definition) is 8. The lowest BCUT2D eigenvalue weighted by molar-refractivity contribution is -0.152. The third kappa shape index (κ3) is 4.56. The van der Waals surface area contributed by atoms with Crippen LogP contribution in [-0.2, 0) is 25.6 Å². The van der Waals surface area contributed by atoms with Crippen LogP contribution in [-0.4, -0.2) is 50.2 Å². The third-order valence-electron chi connectivity index (χ3n) is 3.20. The number of esters is 2. The summed E-state index contributed by atoms with van der Waals surface area (Å²) in [6, 6.07) is 3.64. The Morgan fingerprint density at radius 1 is 1.08 bits per heavy atom. The van der Waals surface area contributed by atoms with Crippen LogP contribution in [0.3, 0.4) is 0 Å². The Labute approximate surface area is 149 Å². The lowest BCUT2D eigenvalue weighted by atomic mass is 10.2. The summed E-state index contributed by atoms with van der Waals surface area (Å²) in [6.45, 7) is 6.23. The summed E-state index contributed by atoms with van der Waals surface area (Å²) >= 11 is 0.976. The first kappa shape index (κ1) is 18.9. The third-order valence-corrected chi connectivity index (χ3v) is 4.33. The molecule has 0 aromatic carbocycles. The van der Waals surface area contributed by atoms with E-state index in [0.717, 1.165) is 17.3 Å². The summed E-state index contributed by atoms with van der Waals surface area (Å²) in [7, 11) is 0. The van der Waals surface area contributed by atoms with Gasteiger partial charge in [-0.25, -0.2) is 0 Å². The summed E-state index contributed by atoms with van der Waals surface area (Å²) < 4.78 is 11.8. The molecule has 2 heterocycles. The highest BCUT2D eigenvalue weighted by Crippen LogP contribution is 2.28. The van der Waals surface area contributed by atoms with Gasteiger partial charge in [0.15, 0.2) is 11.0 Å². The second kappa shape index (κ2) is 9.16. The fourth-order valence-corrected chi connectivity index (χ4v) is 3.08. The van der Waals surface area contributed by atoms with Crippen LogP contribution < -0.4 is 0 Å². The van der Waals surface area contributed by atoms with Crippen LogP contribution in [0, 0.1) is 0 Å². The zero-order chi connectivity index (χ0) is 18.2. The van der Waals surface area contributed by atoms with Gasteiger partial charge in [0.25, 0.3) is 0 Å². The molecule has 2 rings (SSSR count). The largest absolute Gasteiger partial charge is 0.465 e. The summed E-state index contributed by atoms with van der Waals surface area (Å²) in [5.41, 5.74) is 0.847. The molecule has 25 heavy (non-hydrogen) atoms. The molecule has 0 N–H and O–H groups in total. The molecule has 0 amide bonds. The molecule has 134 valence electrons. The number of carbonyl (C=O) groups is 2. The summed E-state index contributed by atoms with van der Waals surface area (Å²) in [5, 5.41) is 7.61. The van der Waals surface area contributed by atoms with E-state index in [1.54, 1.807) is 26.2 Å². The number of ether oxygens (including phenoxy) is 2. The topological polar surface area (TPSA) is 96.2 Å². The Hall–Kier alpha value is -2.42. The molecular weight excluding hydrogens is 344 g/mol. The van der Waals surface area contributed by atoms with Crippen LogP contribution in [0.2, 0.25) is 0 Å². The van der Waals surface area contributed by atoms with E-state index in [4.69, 9.17) is 9.47 Å². The van der Waals surface area contributed by atoms with Crippen molar-refractivity contribution in [3.63, 3.8) is 0 Å². The number of rotatable bonds is 8. The van der Waals surface area contributed by atoms with E-state index in [0.29, 0.717) is 17.5 Å². The molecule has 0 unspecified atom stereocenters. The zero-order valence-corrected chi connectivity index (χ0v) is 15.2. The van der Waals surface area contributed by atoms with Gasteiger partial charge in [0, 0.05) is 24.5 Å². The number of aromatic nitrogens is 4. The minimum atomic E-state index is -1.14. The molecule has 0 radical (unpaired) electrons. The van der Waals surface area contributed by atoms with Crippen molar-refractivity contribution in [2.75, 3.05) is 13.2 Å². The van der Waals surface area contributed by atoms with Gasteiger partial charge in [-0.05, 0) is 32.9 Å². The van der Waals surface area contributed by atoms with Gasteiger partial charge >= 0.3 is 11.9 Å². The molecule has 0 fully saturated rings. The van der Waals surface area contributed by atoms with Crippen LogP contribution >= 0.6 is 11.8 Å². The molecule has 0 aliphatic rings. The van der Waals surface area contributed by atoms with Gasteiger partial charge < -0.3 is 14.0 Å². The minimum absolute atomic E-state index is 0.179. The zero-order valence-electron chi connectivity index (χ0n) is 14.3. The van der Waals surface area contributed by atoms with Gasteiger partial charge in [0.2, 0.25) is 5.25 Å². The van der Waals surface area contributed by atoms with E-state index in [-0.39, 0.29) is 13.2 Å². The molecule has 0 aliphatic heterocycles. The Bertz CT molecular complexity index is 702. The molecular formula is C16H20N4O4S. The standard InChI is InChI=1S/C16H20N4O4S/c1-4-20-13(11-7-9-17-10-8-11)18-19-16(20)25-12(14(21)23-5-2)15(22)24-6-3/h7-10,12H,4-6H2,1-3H3. The molecule has 8 nitrogen and oxygen atoms in total. The van der Waals surface area contributed by atoms with Crippen molar-refractivity contribution >= 4 is 23.7 Å². The predicted octanol–water partition coefficient (Wildman–Crippen LogP) is 1.95. The maximum atomic E-state index is 12.1. The molecule has 0 bridgehead atoms. The van der Waals surface area contributed by atoms with Crippen molar-refractivity contribution in [3.05, 3.63) is 24.5 Å². The monoisotopic (exact) mass is 364 g/mol. The molecule has 0 saturated carbocycles. The maximum absolute atomic E-state index is 12.1. The van der Waals surface area contributed by atoms with E-state index >= 15 is 0 Å². The Balaban J connectivity index is 2.31. The lowest BCUT2D eigenvalue weighted by Crippen LogP contribution is -2.31. The van der Waals surface area contributed by atoms with Gasteiger partial charge in [0.1, 0.15) is 0 Å². The van der Waals surface area contributed by atoms with Gasteiger partial charge in [-0.2, -0.15) is 0 Å². The smallest absolute Gasteiger partial charge is 0.331 e. The van der Waals surface area contributed by atoms with Crippen molar-refractivity contribution in [1.82, 2.24) is 19.7 Å². The minimum Gasteiger partial charge on any atom is -0.465 e. The number of hydrogen-bond donors (Lipinski definition) is 0. The fraction of sp³-hybridized carbons (Fsp3) is 0.438. The number of thioether (sulfide) groups is 1. The lowest BCUT2D eigenvalue weighted by Gasteiger charge is -2.14. The van der Waals surface area contributed by atoms with Crippen molar-refractivity contribution in [2.24, 2.45) is 0 Å². The highest BCUT2D eigenvalue weighted by atomic mass is 32.2. The van der Waals surface area contributed by atoms with E-state index < -0.39 is 17.2 Å². The maximum Gasteiger partial charge on any atom is 0.331 e. The molecule has 9 heteroatoms. The summed E-state index contributed by atoms with van der Waals surface area (Å²) in [4.78, 5) is 28.2. The van der Waals surface area contributed by atoms with E-state index in [2.05, 4.69) is 15.2 Å². The Morgan fingerprint density at radius 2 is 1.68 bits per heavy atom. The molecule has 0 saturated heterocycles. The van der Waals surface area contributed by atoms with Gasteiger partial charge in [-0.3, -0.25) is 14.6 Å². The number of nitrogens with zero attached hydrogens (tertiary/aromatic N) is 4. The molecule has 2 aromatic heterocycles. The summed E-state index contributed by atoms with van der Waals surface area (Å²) in [6.07, 6.45) is 3.33. The first-order chi connectivity index (χ1) is 12.1. The SMILES string of the molecule is CCOC(=O)C(Sc1nnc(-c2ccncc2)n1CC)C(=O)OCC. The van der Waals surface area contributed by atoms with Gasteiger partial charge in [-0.15, -0.1) is 10.2 Å². The van der Waals surface area contributed by atoms with Crippen molar-refractivity contribution in [3.8, 4) is 11.4 Å². The van der Waals surface area contributed by atoms with Crippen LogP contribution in [0.15, 0.2) is 29.7 Å². The quantitative estimate of drug-likeness (QED) is 0.398. The van der Waals surface area contributed by atoms with Crippen molar-refractivity contribution in [2.45, 2.75) is 37.7 Å². The van der Waals surface area contributed by atoms with E-state index in [1.165, 1.54) is 0 Å². The average Bonchev–Trinajstić information content (AvgIpc) is 3.03. The highest BCUT2D eigenvalue weighted by molar-refractivity contribution is 8.01. The first-order valence-electron chi connectivity index (χ1n) is 7.95. The highest BCUT2D eigenvalue weighted by Gasteiger charge is 2.33. The number of pyridine rings is 1. The van der Waals surface area contributed by atoms with Crippen LogP contribution in [0.5, 0.6) is 0 Å². The van der Waals surface area contributed by atoms with E-state index in [9.17, 15) is 9.59 Å². The van der Waals surface area contributed by atoms with Crippen LogP contribution in [0.25, 0.3) is 11.4 Å². The fourth-order valence-electron chi connectivity index (χ4n) is 2.11. The second-order valence-electron chi connectivity index (χ2n) is 4.79. The normalized spacial score (nSPS) is 10.7. The van der Waals surface area contributed by atoms with Crippen molar-refractivity contribution < 1.29 is 19.1 Å².